The molecule has 0 radical (unpaired) electrons. The number of aromatic nitrogens is 1. The summed E-state index contributed by atoms with van der Waals surface area (Å²) in [5.74, 6) is 0. The van der Waals surface area contributed by atoms with Crippen molar-refractivity contribution >= 4 is 54.5 Å². The fourth-order valence-electron chi connectivity index (χ4n) is 0.609. The Morgan fingerprint density at radius 1 is 1.33 bits per heavy atom. The largest absolute Gasteiger partial charge is 0.266 e. The second-order valence-corrected chi connectivity index (χ2v) is 4.54. The number of pyridine rings is 1. The third kappa shape index (κ3) is 2.14. The van der Waals surface area contributed by atoms with Crippen LogP contribution in [-0.4, -0.2) is 4.98 Å². The van der Waals surface area contributed by atoms with Gasteiger partial charge in [0.1, 0.15) is 3.70 Å². The first-order valence-corrected chi connectivity index (χ1v) is 5.48. The Morgan fingerprint density at radius 2 is 1.92 bits per heavy atom. The molecular weight excluding hydrogens is 411 g/mol. The fraction of sp³-hybridized carbons (Fsp3) is 0.167. The third-order valence-corrected chi connectivity index (χ3v) is 4.90. The number of hydrogen-bond acceptors (Lipinski definition) is 1. The van der Waals surface area contributed by atoms with E-state index in [0.29, 0.717) is 12.6 Å². The summed E-state index contributed by atoms with van der Waals surface area (Å²) in [5, 5.41) is 0. The predicted octanol–water partition coefficient (Wildman–Crippen LogP) is 4.15. The molecule has 1 nitrogen and oxygen atoms in total. The van der Waals surface area contributed by atoms with Crippen LogP contribution in [-0.2, 0) is 0 Å². The molecule has 1 rings (SSSR count). The normalized spacial score (nSPS) is 10.8. The molecule has 6 heteroatoms. The second kappa shape index (κ2) is 4.28. The van der Waals surface area contributed by atoms with Crippen molar-refractivity contribution in [1.29, 1.82) is 0 Å². The molecule has 0 saturated heterocycles. The van der Waals surface area contributed by atoms with Crippen LogP contribution in [0.5, 0.6) is 0 Å². The van der Waals surface area contributed by atoms with Crippen LogP contribution in [0.4, 0.5) is 8.78 Å². The number of nitrogens with zero attached hydrogens (tertiary/aromatic N) is 1. The van der Waals surface area contributed by atoms with Crippen molar-refractivity contribution in [2.45, 2.75) is 6.43 Å². The Kier molecular flexibility index (Phi) is 3.84. The highest BCUT2D eigenvalue weighted by Crippen LogP contribution is 2.34. The summed E-state index contributed by atoms with van der Waals surface area (Å²) in [5.41, 5.74) is -0.0951. The van der Waals surface area contributed by atoms with E-state index in [1.165, 1.54) is 6.20 Å². The van der Waals surface area contributed by atoms with Crippen LogP contribution in [0.15, 0.2) is 15.1 Å². The van der Waals surface area contributed by atoms with E-state index in [4.69, 9.17) is 0 Å². The molecule has 0 fully saturated rings. The van der Waals surface area contributed by atoms with Gasteiger partial charge in [0.05, 0.1) is 10.0 Å². The molecule has 0 saturated carbocycles. The highest BCUT2D eigenvalue weighted by atomic mass is 127. The number of alkyl halides is 2. The van der Waals surface area contributed by atoms with Gasteiger partial charge in [-0.2, -0.15) is 0 Å². The van der Waals surface area contributed by atoms with Gasteiger partial charge in [0.2, 0.25) is 0 Å². The molecule has 0 amide bonds. The van der Waals surface area contributed by atoms with E-state index < -0.39 is 6.43 Å². The highest BCUT2D eigenvalue weighted by molar-refractivity contribution is 14.1. The van der Waals surface area contributed by atoms with Crippen LogP contribution in [0, 0.1) is 3.70 Å². The molecule has 0 unspecified atom stereocenters. The molecule has 0 spiro atoms. The molecule has 0 aliphatic carbocycles. The standard InChI is InChI=1S/C6H2Br2F2IN/c7-3-2(5(9)10)1-12-6(11)4(3)8/h1,5H. The zero-order chi connectivity index (χ0) is 9.30. The lowest BCUT2D eigenvalue weighted by Crippen LogP contribution is -1.92. The van der Waals surface area contributed by atoms with Crippen LogP contribution in [0.3, 0.4) is 0 Å². The average Bonchev–Trinajstić information content (AvgIpc) is 2.00. The lowest BCUT2D eigenvalue weighted by molar-refractivity contribution is 0.150. The minimum absolute atomic E-state index is 0.0951. The van der Waals surface area contributed by atoms with Gasteiger partial charge in [-0.05, 0) is 54.5 Å². The first-order chi connectivity index (χ1) is 5.54. The van der Waals surface area contributed by atoms with Gasteiger partial charge < -0.3 is 0 Å². The van der Waals surface area contributed by atoms with Gasteiger partial charge in [0, 0.05) is 10.7 Å². The maximum absolute atomic E-state index is 12.2. The van der Waals surface area contributed by atoms with Gasteiger partial charge in [-0.25, -0.2) is 13.8 Å². The lowest BCUT2D eigenvalue weighted by Gasteiger charge is -2.05. The van der Waals surface area contributed by atoms with Crippen LogP contribution in [0.2, 0.25) is 0 Å². The molecule has 0 aliphatic heterocycles. The Balaban J connectivity index is 3.27. The maximum Gasteiger partial charge on any atom is 0.266 e. The van der Waals surface area contributed by atoms with Gasteiger partial charge >= 0.3 is 0 Å². The molecule has 66 valence electrons. The van der Waals surface area contributed by atoms with Crippen molar-refractivity contribution in [3.8, 4) is 0 Å². The topological polar surface area (TPSA) is 12.9 Å². The van der Waals surface area contributed by atoms with Crippen molar-refractivity contribution in [3.63, 3.8) is 0 Å². The molecule has 0 aliphatic rings. The van der Waals surface area contributed by atoms with Crippen LogP contribution in [0.1, 0.15) is 12.0 Å². The fourth-order valence-corrected chi connectivity index (χ4v) is 2.18. The molecular formula is C6H2Br2F2IN. The van der Waals surface area contributed by atoms with Crippen LogP contribution >= 0.6 is 54.5 Å². The average molecular weight is 413 g/mol. The summed E-state index contributed by atoms with van der Waals surface area (Å²) in [7, 11) is 0. The maximum atomic E-state index is 12.2. The lowest BCUT2D eigenvalue weighted by atomic mass is 10.3. The van der Waals surface area contributed by atoms with Gasteiger partial charge in [-0.1, -0.05) is 0 Å². The Labute approximate surface area is 98.3 Å². The first-order valence-electron chi connectivity index (χ1n) is 2.81. The van der Waals surface area contributed by atoms with Crippen LogP contribution in [0.25, 0.3) is 0 Å². The van der Waals surface area contributed by atoms with E-state index in [1.807, 2.05) is 22.6 Å². The zero-order valence-electron chi connectivity index (χ0n) is 5.49. The Hall–Kier alpha value is 0.700. The van der Waals surface area contributed by atoms with Crippen molar-refractivity contribution in [1.82, 2.24) is 4.98 Å². The summed E-state index contributed by atoms with van der Waals surface area (Å²) in [4.78, 5) is 3.79. The van der Waals surface area contributed by atoms with E-state index in [9.17, 15) is 8.78 Å². The molecule has 1 aromatic heterocycles. The van der Waals surface area contributed by atoms with Gasteiger partial charge in [-0.3, -0.25) is 0 Å². The minimum atomic E-state index is -2.50. The van der Waals surface area contributed by atoms with Gasteiger partial charge in [-0.15, -0.1) is 0 Å². The first kappa shape index (κ1) is 10.8. The molecule has 12 heavy (non-hydrogen) atoms. The summed E-state index contributed by atoms with van der Waals surface area (Å²) in [6, 6.07) is 0. The molecule has 0 N–H and O–H groups in total. The quantitative estimate of drug-likeness (QED) is 0.499. The van der Waals surface area contributed by atoms with Crippen molar-refractivity contribution in [2.75, 3.05) is 0 Å². The number of halogens is 5. The van der Waals surface area contributed by atoms with E-state index in [2.05, 4.69) is 36.8 Å². The molecule has 1 heterocycles. The summed E-state index contributed by atoms with van der Waals surface area (Å²) in [6.45, 7) is 0. The van der Waals surface area contributed by atoms with E-state index >= 15 is 0 Å². The summed E-state index contributed by atoms with van der Waals surface area (Å²) >= 11 is 8.17. The molecule has 0 aromatic carbocycles. The van der Waals surface area contributed by atoms with Gasteiger partial charge in [0.25, 0.3) is 6.43 Å². The second-order valence-electron chi connectivity index (χ2n) is 1.93. The Morgan fingerprint density at radius 3 is 2.42 bits per heavy atom. The summed E-state index contributed by atoms with van der Waals surface area (Å²) < 4.78 is 26.1. The van der Waals surface area contributed by atoms with Crippen LogP contribution < -0.4 is 0 Å². The molecule has 0 bridgehead atoms. The number of rotatable bonds is 1. The van der Waals surface area contributed by atoms with E-state index in [0.717, 1.165) is 0 Å². The SMILES string of the molecule is FC(F)c1cnc(I)c(Br)c1Br. The van der Waals surface area contributed by atoms with E-state index in [-0.39, 0.29) is 5.56 Å². The van der Waals surface area contributed by atoms with Crippen molar-refractivity contribution < 1.29 is 8.78 Å². The van der Waals surface area contributed by atoms with Crippen molar-refractivity contribution in [3.05, 3.63) is 24.4 Å². The summed E-state index contributed by atoms with van der Waals surface area (Å²) in [6.07, 6.45) is -1.33. The Bertz CT molecular complexity index is 306. The number of hydrogen-bond donors (Lipinski definition) is 0. The smallest absolute Gasteiger partial charge is 0.249 e. The predicted molar refractivity (Wildman–Crippen MR) is 57.3 cm³/mol. The minimum Gasteiger partial charge on any atom is -0.249 e. The monoisotopic (exact) mass is 411 g/mol. The third-order valence-electron chi connectivity index (χ3n) is 1.18. The van der Waals surface area contributed by atoms with E-state index in [1.54, 1.807) is 0 Å². The van der Waals surface area contributed by atoms with Gasteiger partial charge in [0.15, 0.2) is 0 Å². The molecule has 0 atom stereocenters. The zero-order valence-corrected chi connectivity index (χ0v) is 10.8. The molecule has 1 aromatic rings. The van der Waals surface area contributed by atoms with Crippen molar-refractivity contribution in [2.24, 2.45) is 0 Å². The highest BCUT2D eigenvalue weighted by Gasteiger charge is 2.15.